The first-order valence-corrected chi connectivity index (χ1v) is 9.42. The topological polar surface area (TPSA) is 72.8 Å². The lowest BCUT2D eigenvalue weighted by Crippen LogP contribution is -2.14. The predicted octanol–water partition coefficient (Wildman–Crippen LogP) is 4.38. The average molecular weight is 372 g/mol. The van der Waals surface area contributed by atoms with E-state index in [0.29, 0.717) is 0 Å². The fourth-order valence-corrected chi connectivity index (χ4v) is 3.73. The minimum absolute atomic E-state index is 0.0689. The summed E-state index contributed by atoms with van der Waals surface area (Å²) in [7, 11) is 0. The molecule has 0 fully saturated rings. The summed E-state index contributed by atoms with van der Waals surface area (Å²) < 4.78 is 1.78. The van der Waals surface area contributed by atoms with Gasteiger partial charge in [0.15, 0.2) is 0 Å². The first kappa shape index (κ1) is 17.2. The van der Waals surface area contributed by atoms with Crippen LogP contribution in [0.3, 0.4) is 0 Å². The van der Waals surface area contributed by atoms with E-state index in [0.717, 1.165) is 21.6 Å². The second-order valence-corrected chi connectivity index (χ2v) is 7.16. The third-order valence-electron chi connectivity index (χ3n) is 3.29. The lowest BCUT2D eigenvalue weighted by Gasteiger charge is -2.04. The van der Waals surface area contributed by atoms with Crippen LogP contribution < -0.4 is 4.80 Å². The third kappa shape index (κ3) is 4.09. The van der Waals surface area contributed by atoms with Gasteiger partial charge < -0.3 is 0 Å². The summed E-state index contributed by atoms with van der Waals surface area (Å²) in [4.78, 5) is 15.8. The van der Waals surface area contributed by atoms with Crippen molar-refractivity contribution in [3.8, 4) is 11.3 Å². The van der Waals surface area contributed by atoms with Gasteiger partial charge in [-0.25, -0.2) is 4.68 Å². The molecule has 3 rings (SSSR count). The molecule has 0 aliphatic heterocycles. The first-order chi connectivity index (χ1) is 12.0. The number of thiophene rings is 1. The maximum Gasteiger partial charge on any atom is 0.269 e. The van der Waals surface area contributed by atoms with Gasteiger partial charge in [0.1, 0.15) is 0 Å². The van der Waals surface area contributed by atoms with E-state index in [-0.39, 0.29) is 11.7 Å². The lowest BCUT2D eigenvalue weighted by atomic mass is 10.1. The zero-order valence-corrected chi connectivity index (χ0v) is 15.3. The highest BCUT2D eigenvalue weighted by Crippen LogP contribution is 2.23. The van der Waals surface area contributed by atoms with Crippen LogP contribution in [-0.2, 0) is 0 Å². The molecule has 0 radical (unpaired) electrons. The van der Waals surface area contributed by atoms with Gasteiger partial charge in [0.2, 0.25) is 4.80 Å². The minimum atomic E-state index is -0.403. The van der Waals surface area contributed by atoms with Crippen LogP contribution in [0, 0.1) is 10.1 Å². The largest absolute Gasteiger partial charge is 0.269 e. The maximum atomic E-state index is 10.8. The van der Waals surface area contributed by atoms with E-state index < -0.39 is 4.92 Å². The van der Waals surface area contributed by atoms with Crippen LogP contribution in [0.5, 0.6) is 0 Å². The van der Waals surface area contributed by atoms with Gasteiger partial charge >= 0.3 is 0 Å². The Hall–Kier alpha value is -2.58. The second kappa shape index (κ2) is 7.54. The van der Waals surface area contributed by atoms with Crippen molar-refractivity contribution in [2.24, 2.45) is 10.1 Å². The molecule has 1 aromatic carbocycles. The third-order valence-corrected chi connectivity index (χ3v) is 4.83. The molecule has 0 N–H and O–H groups in total. The van der Waals surface area contributed by atoms with Crippen molar-refractivity contribution < 1.29 is 4.92 Å². The van der Waals surface area contributed by atoms with E-state index in [2.05, 4.69) is 10.1 Å². The van der Waals surface area contributed by atoms with Crippen molar-refractivity contribution in [3.05, 3.63) is 67.0 Å². The zero-order valence-electron chi connectivity index (χ0n) is 13.7. The van der Waals surface area contributed by atoms with Gasteiger partial charge in [0.25, 0.3) is 5.69 Å². The fourth-order valence-electron chi connectivity index (χ4n) is 2.15. The van der Waals surface area contributed by atoms with Gasteiger partial charge in [0, 0.05) is 34.7 Å². The highest BCUT2D eigenvalue weighted by atomic mass is 32.1. The highest BCUT2D eigenvalue weighted by Gasteiger charge is 2.10. The Morgan fingerprint density at radius 1 is 1.20 bits per heavy atom. The van der Waals surface area contributed by atoms with Crippen LogP contribution in [0.1, 0.15) is 19.4 Å². The van der Waals surface area contributed by atoms with Gasteiger partial charge in [-0.05, 0) is 42.8 Å². The summed E-state index contributed by atoms with van der Waals surface area (Å²) in [6.45, 7) is 4.02. The lowest BCUT2D eigenvalue weighted by molar-refractivity contribution is -0.384. The number of benzene rings is 1. The first-order valence-electron chi connectivity index (χ1n) is 7.60. The van der Waals surface area contributed by atoms with E-state index in [9.17, 15) is 10.1 Å². The molecule has 8 heteroatoms. The number of hydrogen-bond donors (Lipinski definition) is 0. The molecule has 0 spiro atoms. The Morgan fingerprint density at radius 2 is 1.96 bits per heavy atom. The van der Waals surface area contributed by atoms with Crippen LogP contribution in [0.25, 0.3) is 11.3 Å². The Bertz CT molecular complexity index is 951. The zero-order chi connectivity index (χ0) is 17.8. The van der Waals surface area contributed by atoms with Crippen molar-refractivity contribution in [1.82, 2.24) is 4.68 Å². The smallest absolute Gasteiger partial charge is 0.258 e. The molecular weight excluding hydrogens is 356 g/mol. The predicted molar refractivity (Wildman–Crippen MR) is 102 cm³/mol. The highest BCUT2D eigenvalue weighted by molar-refractivity contribution is 7.08. The van der Waals surface area contributed by atoms with Gasteiger partial charge in [-0.2, -0.15) is 16.4 Å². The van der Waals surface area contributed by atoms with Gasteiger partial charge in [-0.3, -0.25) is 15.1 Å². The molecular formula is C17H16N4O2S2. The van der Waals surface area contributed by atoms with E-state index in [4.69, 9.17) is 0 Å². The van der Waals surface area contributed by atoms with E-state index >= 15 is 0 Å². The van der Waals surface area contributed by atoms with E-state index in [1.54, 1.807) is 34.4 Å². The SMILES string of the molecule is CC(C)N=c1scc(-c2ccc([N+](=O)[O-])cc2)n1N=Cc1ccsc1. The molecule has 3 aromatic rings. The molecule has 0 aliphatic rings. The van der Waals surface area contributed by atoms with Gasteiger partial charge in [-0.1, -0.05) is 0 Å². The molecule has 2 heterocycles. The van der Waals surface area contributed by atoms with Crippen LogP contribution in [0.4, 0.5) is 5.69 Å². The standard InChI is InChI=1S/C17H16N4O2S2/c1-12(2)19-17-20(18-9-13-7-8-24-10-13)16(11-25-17)14-3-5-15(6-4-14)21(22)23/h3-12H,1-2H3. The van der Waals surface area contributed by atoms with E-state index in [1.165, 1.54) is 23.5 Å². The Labute approximate surface area is 152 Å². The quantitative estimate of drug-likeness (QED) is 0.379. The second-order valence-electron chi connectivity index (χ2n) is 5.54. The maximum absolute atomic E-state index is 10.8. The number of non-ortho nitro benzene ring substituents is 1. The summed E-state index contributed by atoms with van der Waals surface area (Å²) in [6, 6.07) is 8.60. The van der Waals surface area contributed by atoms with Crippen molar-refractivity contribution in [3.63, 3.8) is 0 Å². The number of hydrogen-bond acceptors (Lipinski definition) is 6. The number of aromatic nitrogens is 1. The Morgan fingerprint density at radius 3 is 2.56 bits per heavy atom. The summed E-state index contributed by atoms with van der Waals surface area (Å²) in [5.41, 5.74) is 2.80. The molecule has 0 atom stereocenters. The molecule has 128 valence electrons. The van der Waals surface area contributed by atoms with Crippen molar-refractivity contribution >= 4 is 34.6 Å². The Kier molecular flexibility index (Phi) is 5.20. The average Bonchev–Trinajstić information content (AvgIpc) is 3.22. The van der Waals surface area contributed by atoms with Gasteiger partial charge in [0.05, 0.1) is 16.8 Å². The van der Waals surface area contributed by atoms with Crippen LogP contribution in [0.15, 0.2) is 56.6 Å². The van der Waals surface area contributed by atoms with Crippen molar-refractivity contribution in [2.75, 3.05) is 0 Å². The number of thiazole rings is 1. The van der Waals surface area contributed by atoms with Crippen molar-refractivity contribution in [2.45, 2.75) is 19.9 Å². The number of nitro groups is 1. The minimum Gasteiger partial charge on any atom is -0.258 e. The molecule has 6 nitrogen and oxygen atoms in total. The summed E-state index contributed by atoms with van der Waals surface area (Å²) in [5, 5.41) is 21.4. The molecule has 0 aliphatic carbocycles. The molecule has 2 aromatic heterocycles. The Balaban J connectivity index is 2.07. The summed E-state index contributed by atoms with van der Waals surface area (Å²) in [5.74, 6) is 0. The van der Waals surface area contributed by atoms with E-state index in [1.807, 2.05) is 36.1 Å². The number of nitro benzene ring substituents is 1. The van der Waals surface area contributed by atoms with Crippen molar-refractivity contribution in [1.29, 1.82) is 0 Å². The normalized spacial score (nSPS) is 12.4. The number of rotatable bonds is 5. The molecule has 25 heavy (non-hydrogen) atoms. The summed E-state index contributed by atoms with van der Waals surface area (Å²) in [6.07, 6.45) is 1.79. The molecule has 0 saturated carbocycles. The van der Waals surface area contributed by atoms with Crippen LogP contribution in [0.2, 0.25) is 0 Å². The number of nitrogens with zero attached hydrogens (tertiary/aromatic N) is 4. The van der Waals surface area contributed by atoms with Crippen LogP contribution in [-0.4, -0.2) is 21.9 Å². The van der Waals surface area contributed by atoms with Gasteiger partial charge in [-0.15, -0.1) is 11.3 Å². The molecule has 0 unspecified atom stereocenters. The van der Waals surface area contributed by atoms with Crippen LogP contribution >= 0.6 is 22.7 Å². The summed E-state index contributed by atoms with van der Waals surface area (Å²) >= 11 is 3.11. The molecule has 0 bridgehead atoms. The monoisotopic (exact) mass is 372 g/mol. The fraction of sp³-hybridized carbons (Fsp3) is 0.176. The molecule has 0 amide bonds. The molecule has 0 saturated heterocycles.